The van der Waals surface area contributed by atoms with Crippen LogP contribution in [0.15, 0.2) is 42.5 Å². The van der Waals surface area contributed by atoms with Gasteiger partial charge in [-0.15, -0.1) is 11.6 Å². The van der Waals surface area contributed by atoms with Gasteiger partial charge in [0.2, 0.25) is 0 Å². The van der Waals surface area contributed by atoms with E-state index in [1.165, 1.54) is 0 Å². The van der Waals surface area contributed by atoms with Gasteiger partial charge in [-0.05, 0) is 42.3 Å². The fraction of sp³-hybridized carbons (Fsp3) is 0.133. The first-order valence-corrected chi connectivity index (χ1v) is 6.10. The van der Waals surface area contributed by atoms with Gasteiger partial charge in [0.1, 0.15) is 11.5 Å². The van der Waals surface area contributed by atoms with Gasteiger partial charge in [0, 0.05) is 5.88 Å². The Kier molecular flexibility index (Phi) is 3.86. The molecule has 0 saturated carbocycles. The fourth-order valence-corrected chi connectivity index (χ4v) is 1.76. The van der Waals surface area contributed by atoms with Crippen molar-refractivity contribution in [3.05, 3.63) is 59.2 Å². The molecule has 0 aliphatic heterocycles. The van der Waals surface area contributed by atoms with E-state index in [0.717, 1.165) is 16.9 Å². The number of aryl methyl sites for hydroxylation is 1. The molecule has 0 aliphatic rings. The summed E-state index contributed by atoms with van der Waals surface area (Å²) in [6.45, 7) is 1.95. The standard InChI is InChI=1S/C15H12ClNO/c1-11-5-6-13(10-17)8-15(11)18-14-4-2-3-12(7-14)9-16/h2-8H,9H2,1H3. The first kappa shape index (κ1) is 12.5. The Labute approximate surface area is 111 Å². The minimum Gasteiger partial charge on any atom is -0.457 e. The maximum atomic E-state index is 8.88. The summed E-state index contributed by atoms with van der Waals surface area (Å²) in [5.41, 5.74) is 2.58. The molecule has 0 N–H and O–H groups in total. The lowest BCUT2D eigenvalue weighted by atomic mass is 10.1. The molecule has 2 aromatic rings. The topological polar surface area (TPSA) is 33.0 Å². The summed E-state index contributed by atoms with van der Waals surface area (Å²) < 4.78 is 5.78. The highest BCUT2D eigenvalue weighted by molar-refractivity contribution is 6.17. The van der Waals surface area contributed by atoms with Crippen LogP contribution in [0.4, 0.5) is 0 Å². The molecular formula is C15H12ClNO. The highest BCUT2D eigenvalue weighted by Gasteiger charge is 2.03. The zero-order valence-corrected chi connectivity index (χ0v) is 10.7. The average molecular weight is 258 g/mol. The highest BCUT2D eigenvalue weighted by atomic mass is 35.5. The van der Waals surface area contributed by atoms with E-state index >= 15 is 0 Å². The van der Waals surface area contributed by atoms with E-state index in [9.17, 15) is 0 Å². The van der Waals surface area contributed by atoms with Crippen LogP contribution in [0.5, 0.6) is 11.5 Å². The van der Waals surface area contributed by atoms with Gasteiger partial charge < -0.3 is 4.74 Å². The van der Waals surface area contributed by atoms with Crippen LogP contribution in [0.3, 0.4) is 0 Å². The zero-order valence-electron chi connectivity index (χ0n) is 9.98. The molecule has 3 heteroatoms. The van der Waals surface area contributed by atoms with Crippen molar-refractivity contribution in [2.75, 3.05) is 0 Å². The molecule has 0 saturated heterocycles. The molecule has 18 heavy (non-hydrogen) atoms. The van der Waals surface area contributed by atoms with E-state index in [1.54, 1.807) is 12.1 Å². The lowest BCUT2D eigenvalue weighted by molar-refractivity contribution is 0.478. The fourth-order valence-electron chi connectivity index (χ4n) is 1.60. The van der Waals surface area contributed by atoms with E-state index < -0.39 is 0 Å². The normalized spacial score (nSPS) is 9.83. The first-order chi connectivity index (χ1) is 8.72. The Hall–Kier alpha value is -1.98. The van der Waals surface area contributed by atoms with Gasteiger partial charge in [-0.1, -0.05) is 18.2 Å². The van der Waals surface area contributed by atoms with Crippen molar-refractivity contribution in [2.45, 2.75) is 12.8 Å². The van der Waals surface area contributed by atoms with Gasteiger partial charge in [-0.2, -0.15) is 5.26 Å². The molecule has 90 valence electrons. The SMILES string of the molecule is Cc1ccc(C#N)cc1Oc1cccc(CCl)c1. The molecule has 0 unspecified atom stereocenters. The summed E-state index contributed by atoms with van der Waals surface area (Å²) in [4.78, 5) is 0. The minimum absolute atomic E-state index is 0.453. The Bertz CT molecular complexity index is 602. The number of hydrogen-bond donors (Lipinski definition) is 0. The van der Waals surface area contributed by atoms with Crippen LogP contribution < -0.4 is 4.74 Å². The number of nitrogens with zero attached hydrogens (tertiary/aromatic N) is 1. The van der Waals surface area contributed by atoms with Crippen molar-refractivity contribution in [1.29, 1.82) is 5.26 Å². The molecule has 0 heterocycles. The van der Waals surface area contributed by atoms with Gasteiger partial charge >= 0.3 is 0 Å². The van der Waals surface area contributed by atoms with Gasteiger partial charge in [-0.25, -0.2) is 0 Å². The average Bonchev–Trinajstić information content (AvgIpc) is 2.41. The molecule has 0 aromatic heterocycles. The number of alkyl halides is 1. The smallest absolute Gasteiger partial charge is 0.131 e. The van der Waals surface area contributed by atoms with Crippen LogP contribution in [0.25, 0.3) is 0 Å². The number of ether oxygens (including phenoxy) is 1. The minimum atomic E-state index is 0.453. The second-order valence-corrected chi connectivity index (χ2v) is 4.24. The van der Waals surface area contributed by atoms with Crippen LogP contribution in [0.2, 0.25) is 0 Å². The highest BCUT2D eigenvalue weighted by Crippen LogP contribution is 2.26. The van der Waals surface area contributed by atoms with Gasteiger partial charge in [-0.3, -0.25) is 0 Å². The first-order valence-electron chi connectivity index (χ1n) is 5.56. The van der Waals surface area contributed by atoms with E-state index in [-0.39, 0.29) is 0 Å². The largest absolute Gasteiger partial charge is 0.457 e. The van der Waals surface area contributed by atoms with Crippen molar-refractivity contribution in [2.24, 2.45) is 0 Å². The molecule has 0 radical (unpaired) electrons. The summed E-state index contributed by atoms with van der Waals surface area (Å²) in [5.74, 6) is 1.88. The van der Waals surface area contributed by atoms with Crippen molar-refractivity contribution < 1.29 is 4.74 Å². The van der Waals surface area contributed by atoms with Crippen molar-refractivity contribution in [3.63, 3.8) is 0 Å². The predicted octanol–water partition coefficient (Wildman–Crippen LogP) is 4.40. The summed E-state index contributed by atoms with van der Waals surface area (Å²) in [6.07, 6.45) is 0. The van der Waals surface area contributed by atoms with E-state index in [4.69, 9.17) is 21.6 Å². The zero-order chi connectivity index (χ0) is 13.0. The van der Waals surface area contributed by atoms with E-state index in [0.29, 0.717) is 17.2 Å². The summed E-state index contributed by atoms with van der Waals surface area (Å²) in [6, 6.07) is 15.1. The van der Waals surface area contributed by atoms with E-state index in [2.05, 4.69) is 6.07 Å². The molecule has 2 rings (SSSR count). The number of halogens is 1. The molecule has 0 aliphatic carbocycles. The molecule has 0 fully saturated rings. The summed E-state index contributed by atoms with van der Waals surface area (Å²) in [7, 11) is 0. The lowest BCUT2D eigenvalue weighted by Crippen LogP contribution is -1.89. The second-order valence-electron chi connectivity index (χ2n) is 3.98. The van der Waals surface area contributed by atoms with Crippen LogP contribution in [-0.2, 0) is 5.88 Å². The van der Waals surface area contributed by atoms with Crippen molar-refractivity contribution >= 4 is 11.6 Å². The Balaban J connectivity index is 2.30. The number of rotatable bonds is 3. The molecule has 0 amide bonds. The van der Waals surface area contributed by atoms with Gasteiger partial charge in [0.15, 0.2) is 0 Å². The summed E-state index contributed by atoms with van der Waals surface area (Å²) in [5, 5.41) is 8.88. The number of nitriles is 1. The third kappa shape index (κ3) is 2.82. The van der Waals surface area contributed by atoms with Crippen molar-refractivity contribution in [1.82, 2.24) is 0 Å². The second kappa shape index (κ2) is 5.57. The molecule has 2 nitrogen and oxygen atoms in total. The predicted molar refractivity (Wildman–Crippen MR) is 72.0 cm³/mol. The van der Waals surface area contributed by atoms with Crippen molar-refractivity contribution in [3.8, 4) is 17.6 Å². The van der Waals surface area contributed by atoms with Crippen LogP contribution in [-0.4, -0.2) is 0 Å². The molecule has 2 aromatic carbocycles. The van der Waals surface area contributed by atoms with Crippen LogP contribution in [0, 0.1) is 18.3 Å². The summed E-state index contributed by atoms with van der Waals surface area (Å²) >= 11 is 5.78. The monoisotopic (exact) mass is 257 g/mol. The maximum Gasteiger partial charge on any atom is 0.131 e. The Morgan fingerprint density at radius 1 is 1.22 bits per heavy atom. The quantitative estimate of drug-likeness (QED) is 0.764. The van der Waals surface area contributed by atoms with Gasteiger partial charge in [0.05, 0.1) is 11.6 Å². The molecule has 0 bridgehead atoms. The molecule has 0 spiro atoms. The maximum absolute atomic E-state index is 8.88. The van der Waals surface area contributed by atoms with E-state index in [1.807, 2.05) is 37.3 Å². The molecule has 0 atom stereocenters. The van der Waals surface area contributed by atoms with Crippen LogP contribution >= 0.6 is 11.6 Å². The Morgan fingerprint density at radius 3 is 2.78 bits per heavy atom. The third-order valence-electron chi connectivity index (χ3n) is 2.60. The Morgan fingerprint density at radius 2 is 2.06 bits per heavy atom. The van der Waals surface area contributed by atoms with Gasteiger partial charge in [0.25, 0.3) is 0 Å². The third-order valence-corrected chi connectivity index (χ3v) is 2.91. The number of benzene rings is 2. The number of hydrogen-bond acceptors (Lipinski definition) is 2. The lowest BCUT2D eigenvalue weighted by Gasteiger charge is -2.09. The molecular weight excluding hydrogens is 246 g/mol. The van der Waals surface area contributed by atoms with Crippen LogP contribution in [0.1, 0.15) is 16.7 Å².